The summed E-state index contributed by atoms with van der Waals surface area (Å²) in [4.78, 5) is 11.8. The summed E-state index contributed by atoms with van der Waals surface area (Å²) in [6.07, 6.45) is 2.06. The van der Waals surface area contributed by atoms with E-state index in [1.165, 1.54) is 0 Å². The van der Waals surface area contributed by atoms with Crippen LogP contribution >= 0.6 is 0 Å². The van der Waals surface area contributed by atoms with Crippen LogP contribution in [0.4, 0.5) is 0 Å². The lowest BCUT2D eigenvalue weighted by Gasteiger charge is -2.06. The Bertz CT molecular complexity index is 429. The fourth-order valence-corrected chi connectivity index (χ4v) is 1.53. The van der Waals surface area contributed by atoms with Gasteiger partial charge in [0, 0.05) is 18.5 Å². The van der Waals surface area contributed by atoms with Gasteiger partial charge in [-0.05, 0) is 37.1 Å². The van der Waals surface area contributed by atoms with Gasteiger partial charge in [0.05, 0.1) is 7.11 Å². The normalized spacial score (nSPS) is 11.1. The molecule has 6 heteroatoms. The molecular weight excluding hydrogens is 246 g/mol. The Kier molecular flexibility index (Phi) is 6.21. The van der Waals surface area contributed by atoms with Crippen LogP contribution < -0.4 is 15.8 Å². The number of rotatable bonds is 7. The first-order valence-corrected chi connectivity index (χ1v) is 6.06. The number of amidine groups is 1. The summed E-state index contributed by atoms with van der Waals surface area (Å²) in [7, 11) is 1.58. The van der Waals surface area contributed by atoms with Gasteiger partial charge in [0.25, 0.3) is 5.91 Å². The zero-order valence-corrected chi connectivity index (χ0v) is 10.9. The van der Waals surface area contributed by atoms with Crippen LogP contribution in [0.5, 0.6) is 5.75 Å². The van der Waals surface area contributed by atoms with E-state index in [4.69, 9.17) is 15.7 Å². The van der Waals surface area contributed by atoms with E-state index >= 15 is 0 Å². The van der Waals surface area contributed by atoms with Crippen molar-refractivity contribution in [3.8, 4) is 5.75 Å². The molecule has 0 aliphatic heterocycles. The van der Waals surface area contributed by atoms with Crippen LogP contribution in [0.15, 0.2) is 29.4 Å². The van der Waals surface area contributed by atoms with Gasteiger partial charge in [0.15, 0.2) is 0 Å². The van der Waals surface area contributed by atoms with E-state index in [9.17, 15) is 4.79 Å². The second kappa shape index (κ2) is 7.97. The minimum atomic E-state index is -0.119. The molecule has 6 nitrogen and oxygen atoms in total. The maximum atomic E-state index is 11.8. The lowest BCUT2D eigenvalue weighted by molar-refractivity contribution is 0.0953. The Hall–Kier alpha value is -2.24. The summed E-state index contributed by atoms with van der Waals surface area (Å²) < 4.78 is 5.02. The molecule has 1 aromatic carbocycles. The summed E-state index contributed by atoms with van der Waals surface area (Å²) >= 11 is 0. The molecule has 0 bridgehead atoms. The maximum Gasteiger partial charge on any atom is 0.251 e. The number of hydrogen-bond donors (Lipinski definition) is 3. The van der Waals surface area contributed by atoms with Crippen molar-refractivity contribution < 1.29 is 14.7 Å². The summed E-state index contributed by atoms with van der Waals surface area (Å²) in [5.41, 5.74) is 5.93. The first-order chi connectivity index (χ1) is 9.17. The number of hydrogen-bond acceptors (Lipinski definition) is 4. The van der Waals surface area contributed by atoms with Gasteiger partial charge in [0.2, 0.25) is 0 Å². The summed E-state index contributed by atoms with van der Waals surface area (Å²) in [6.45, 7) is 0.559. The fraction of sp³-hybridized carbons (Fsp3) is 0.385. The highest BCUT2D eigenvalue weighted by atomic mass is 16.5. The first-order valence-electron chi connectivity index (χ1n) is 6.06. The van der Waals surface area contributed by atoms with Crippen molar-refractivity contribution in [3.05, 3.63) is 29.8 Å². The van der Waals surface area contributed by atoms with Crippen molar-refractivity contribution in [2.24, 2.45) is 10.9 Å². The van der Waals surface area contributed by atoms with E-state index in [-0.39, 0.29) is 11.7 Å². The molecule has 0 saturated heterocycles. The molecule has 0 aromatic heterocycles. The molecule has 0 aliphatic carbocycles. The van der Waals surface area contributed by atoms with Gasteiger partial charge in [-0.2, -0.15) is 0 Å². The monoisotopic (exact) mass is 265 g/mol. The first kappa shape index (κ1) is 14.8. The molecule has 0 spiro atoms. The number of carbonyl (C=O) groups excluding carboxylic acids is 1. The SMILES string of the molecule is COc1ccc(C(=O)NCCCCC(N)=NO)cc1. The van der Waals surface area contributed by atoms with Gasteiger partial charge >= 0.3 is 0 Å². The average molecular weight is 265 g/mol. The number of benzene rings is 1. The fourth-order valence-electron chi connectivity index (χ4n) is 1.53. The average Bonchev–Trinajstić information content (AvgIpc) is 2.46. The number of carbonyl (C=O) groups is 1. The van der Waals surface area contributed by atoms with Crippen molar-refractivity contribution in [3.63, 3.8) is 0 Å². The largest absolute Gasteiger partial charge is 0.497 e. The Morgan fingerprint density at radius 3 is 2.63 bits per heavy atom. The van der Waals surface area contributed by atoms with Crippen LogP contribution in [0.2, 0.25) is 0 Å². The molecule has 1 amide bonds. The van der Waals surface area contributed by atoms with E-state index in [0.29, 0.717) is 18.5 Å². The third kappa shape index (κ3) is 5.29. The zero-order valence-electron chi connectivity index (χ0n) is 10.9. The van der Waals surface area contributed by atoms with Gasteiger partial charge in [0.1, 0.15) is 11.6 Å². The molecular formula is C13H19N3O3. The molecule has 0 unspecified atom stereocenters. The highest BCUT2D eigenvalue weighted by Gasteiger charge is 2.04. The summed E-state index contributed by atoms with van der Waals surface area (Å²) in [5.74, 6) is 0.809. The molecule has 4 N–H and O–H groups in total. The van der Waals surface area contributed by atoms with Gasteiger partial charge in [-0.25, -0.2) is 0 Å². The molecule has 19 heavy (non-hydrogen) atoms. The summed E-state index contributed by atoms with van der Waals surface area (Å²) in [6, 6.07) is 6.91. The highest BCUT2D eigenvalue weighted by molar-refractivity contribution is 5.94. The maximum absolute atomic E-state index is 11.8. The number of methoxy groups -OCH3 is 1. The van der Waals surface area contributed by atoms with Crippen LogP contribution in [0, 0.1) is 0 Å². The molecule has 0 fully saturated rings. The molecule has 1 aromatic rings. The molecule has 0 aliphatic rings. The predicted octanol–water partition coefficient (Wildman–Crippen LogP) is 1.34. The number of amides is 1. The van der Waals surface area contributed by atoms with Gasteiger partial charge in [-0.3, -0.25) is 4.79 Å². The molecule has 104 valence electrons. The van der Waals surface area contributed by atoms with Crippen LogP contribution in [-0.4, -0.2) is 30.6 Å². The minimum absolute atomic E-state index is 0.119. The third-order valence-electron chi connectivity index (χ3n) is 2.63. The van der Waals surface area contributed by atoms with Crippen LogP contribution in [0.25, 0.3) is 0 Å². The molecule has 1 rings (SSSR count). The van der Waals surface area contributed by atoms with E-state index in [1.54, 1.807) is 31.4 Å². The Labute approximate surface area is 112 Å². The van der Waals surface area contributed by atoms with Crippen molar-refractivity contribution in [1.82, 2.24) is 5.32 Å². The van der Waals surface area contributed by atoms with Gasteiger partial charge in [-0.15, -0.1) is 0 Å². The Morgan fingerprint density at radius 1 is 1.37 bits per heavy atom. The number of nitrogens with zero attached hydrogens (tertiary/aromatic N) is 1. The van der Waals surface area contributed by atoms with E-state index in [2.05, 4.69) is 10.5 Å². The van der Waals surface area contributed by atoms with Crippen molar-refractivity contribution in [2.75, 3.05) is 13.7 Å². The van der Waals surface area contributed by atoms with Crippen molar-refractivity contribution >= 4 is 11.7 Å². The second-order valence-corrected chi connectivity index (χ2v) is 4.03. The number of oxime groups is 1. The number of ether oxygens (including phenoxy) is 1. The number of nitrogens with two attached hydrogens (primary N) is 1. The van der Waals surface area contributed by atoms with Crippen molar-refractivity contribution in [1.29, 1.82) is 0 Å². The molecule has 0 heterocycles. The van der Waals surface area contributed by atoms with Crippen molar-refractivity contribution in [2.45, 2.75) is 19.3 Å². The second-order valence-electron chi connectivity index (χ2n) is 4.03. The molecule has 0 atom stereocenters. The van der Waals surface area contributed by atoms with E-state index < -0.39 is 0 Å². The smallest absolute Gasteiger partial charge is 0.251 e. The highest BCUT2D eigenvalue weighted by Crippen LogP contribution is 2.11. The van der Waals surface area contributed by atoms with Gasteiger partial charge in [-0.1, -0.05) is 5.16 Å². The van der Waals surface area contributed by atoms with E-state index in [0.717, 1.165) is 18.6 Å². The predicted molar refractivity (Wildman–Crippen MR) is 72.6 cm³/mol. The van der Waals surface area contributed by atoms with Gasteiger partial charge < -0.3 is 21.0 Å². The van der Waals surface area contributed by atoms with Crippen LogP contribution in [-0.2, 0) is 0 Å². The third-order valence-corrected chi connectivity index (χ3v) is 2.63. The minimum Gasteiger partial charge on any atom is -0.497 e. The molecule has 0 saturated carbocycles. The quantitative estimate of drug-likeness (QED) is 0.228. The van der Waals surface area contributed by atoms with Crippen LogP contribution in [0.3, 0.4) is 0 Å². The lowest BCUT2D eigenvalue weighted by Crippen LogP contribution is -2.24. The zero-order chi connectivity index (χ0) is 14.1. The lowest BCUT2D eigenvalue weighted by atomic mass is 10.2. The Morgan fingerprint density at radius 2 is 2.05 bits per heavy atom. The summed E-state index contributed by atoms with van der Waals surface area (Å²) in [5, 5.41) is 14.0. The topological polar surface area (TPSA) is 96.9 Å². The Balaban J connectivity index is 2.27. The van der Waals surface area contributed by atoms with Crippen LogP contribution in [0.1, 0.15) is 29.6 Å². The molecule has 0 radical (unpaired) electrons. The number of nitrogens with one attached hydrogen (secondary N) is 1. The standard InChI is InChI=1S/C13H19N3O3/c1-19-11-7-5-10(6-8-11)13(17)15-9-3-2-4-12(14)16-18/h5-8,18H,2-4,9H2,1H3,(H2,14,16)(H,15,17). The number of unbranched alkanes of at least 4 members (excludes halogenated alkanes) is 1. The van der Waals surface area contributed by atoms with E-state index in [1.807, 2.05) is 0 Å².